The molecular formula is C14H18O2. The molecule has 2 rings (SSSR count). The zero-order chi connectivity index (χ0) is 11.6. The third kappa shape index (κ3) is 2.33. The predicted molar refractivity (Wildman–Crippen MR) is 63.6 cm³/mol. The molecule has 0 saturated heterocycles. The lowest BCUT2D eigenvalue weighted by Gasteiger charge is -2.15. The van der Waals surface area contributed by atoms with E-state index in [9.17, 15) is 4.79 Å². The van der Waals surface area contributed by atoms with Gasteiger partial charge in [0.25, 0.3) is 0 Å². The first-order valence-corrected chi connectivity index (χ1v) is 5.74. The Kier molecular flexibility index (Phi) is 3.10. The van der Waals surface area contributed by atoms with Crippen LogP contribution in [0.1, 0.15) is 30.9 Å². The molecule has 1 fully saturated rings. The number of carbonyl (C=O) groups excluding carboxylic acids is 1. The Morgan fingerprint density at radius 3 is 2.75 bits per heavy atom. The van der Waals surface area contributed by atoms with Gasteiger partial charge in [-0.05, 0) is 30.9 Å². The van der Waals surface area contributed by atoms with Crippen LogP contribution >= 0.6 is 0 Å². The first-order chi connectivity index (χ1) is 7.66. The highest BCUT2D eigenvalue weighted by Gasteiger charge is 2.44. The number of benzene rings is 1. The van der Waals surface area contributed by atoms with Gasteiger partial charge in [0.15, 0.2) is 0 Å². The zero-order valence-corrected chi connectivity index (χ0v) is 9.95. The molecule has 0 aromatic heterocycles. The van der Waals surface area contributed by atoms with Crippen LogP contribution in [0.2, 0.25) is 0 Å². The molecule has 2 heteroatoms. The Bertz CT molecular complexity index is 391. The molecule has 0 spiro atoms. The van der Waals surface area contributed by atoms with Crippen molar-refractivity contribution in [2.45, 2.75) is 31.6 Å². The van der Waals surface area contributed by atoms with Crippen molar-refractivity contribution >= 4 is 5.78 Å². The number of hydrogen-bond donors (Lipinski definition) is 0. The van der Waals surface area contributed by atoms with E-state index in [-0.39, 0.29) is 11.2 Å². The molecule has 0 heterocycles. The fourth-order valence-electron chi connectivity index (χ4n) is 2.24. The SMILES string of the molecule is COCC1(c2cccc(CC(C)=O)c2)CC1. The first kappa shape index (κ1) is 11.3. The summed E-state index contributed by atoms with van der Waals surface area (Å²) in [6.07, 6.45) is 2.94. The molecule has 0 bridgehead atoms. The van der Waals surface area contributed by atoms with E-state index in [0.29, 0.717) is 6.42 Å². The van der Waals surface area contributed by atoms with Gasteiger partial charge in [-0.25, -0.2) is 0 Å². The van der Waals surface area contributed by atoms with Crippen molar-refractivity contribution in [1.82, 2.24) is 0 Å². The molecule has 0 aliphatic heterocycles. The van der Waals surface area contributed by atoms with Gasteiger partial charge < -0.3 is 4.74 Å². The lowest BCUT2D eigenvalue weighted by atomic mass is 9.94. The molecule has 1 aliphatic carbocycles. The second-order valence-electron chi connectivity index (χ2n) is 4.79. The van der Waals surface area contributed by atoms with Crippen LogP contribution in [0.5, 0.6) is 0 Å². The minimum Gasteiger partial charge on any atom is -0.384 e. The number of carbonyl (C=O) groups is 1. The number of rotatable bonds is 5. The van der Waals surface area contributed by atoms with Crippen LogP contribution in [0.15, 0.2) is 24.3 Å². The van der Waals surface area contributed by atoms with Crippen molar-refractivity contribution in [3.8, 4) is 0 Å². The van der Waals surface area contributed by atoms with Crippen molar-refractivity contribution in [2.24, 2.45) is 0 Å². The summed E-state index contributed by atoms with van der Waals surface area (Å²) >= 11 is 0. The van der Waals surface area contributed by atoms with E-state index in [2.05, 4.69) is 12.1 Å². The quantitative estimate of drug-likeness (QED) is 0.759. The average Bonchev–Trinajstić information content (AvgIpc) is 2.99. The number of methoxy groups -OCH3 is 1. The van der Waals surface area contributed by atoms with Gasteiger partial charge in [0.05, 0.1) is 6.61 Å². The van der Waals surface area contributed by atoms with E-state index >= 15 is 0 Å². The third-order valence-electron chi connectivity index (χ3n) is 3.27. The monoisotopic (exact) mass is 218 g/mol. The van der Waals surface area contributed by atoms with E-state index in [1.165, 1.54) is 18.4 Å². The molecule has 0 radical (unpaired) electrons. The summed E-state index contributed by atoms with van der Waals surface area (Å²) in [5, 5.41) is 0. The summed E-state index contributed by atoms with van der Waals surface area (Å²) in [6.45, 7) is 2.42. The fraction of sp³-hybridized carbons (Fsp3) is 0.500. The Morgan fingerprint density at radius 2 is 2.19 bits per heavy atom. The molecule has 0 atom stereocenters. The Morgan fingerprint density at radius 1 is 1.44 bits per heavy atom. The molecule has 0 unspecified atom stereocenters. The highest BCUT2D eigenvalue weighted by atomic mass is 16.5. The van der Waals surface area contributed by atoms with Crippen LogP contribution in [0.3, 0.4) is 0 Å². The van der Waals surface area contributed by atoms with Gasteiger partial charge in [-0.15, -0.1) is 0 Å². The summed E-state index contributed by atoms with van der Waals surface area (Å²) in [6, 6.07) is 8.38. The van der Waals surface area contributed by atoms with E-state index in [1.54, 1.807) is 14.0 Å². The van der Waals surface area contributed by atoms with Gasteiger partial charge in [0.1, 0.15) is 5.78 Å². The van der Waals surface area contributed by atoms with Gasteiger partial charge in [-0.2, -0.15) is 0 Å². The second kappa shape index (κ2) is 4.38. The van der Waals surface area contributed by atoms with Crippen LogP contribution in [-0.2, 0) is 21.4 Å². The van der Waals surface area contributed by atoms with Gasteiger partial charge in [-0.3, -0.25) is 4.79 Å². The van der Waals surface area contributed by atoms with Crippen LogP contribution in [-0.4, -0.2) is 19.5 Å². The van der Waals surface area contributed by atoms with E-state index in [4.69, 9.17) is 4.74 Å². The predicted octanol–water partition coefficient (Wildman–Crippen LogP) is 2.50. The standard InChI is InChI=1S/C14H18O2/c1-11(15)8-12-4-3-5-13(9-12)14(6-7-14)10-16-2/h3-5,9H,6-8,10H2,1-2H3. The minimum absolute atomic E-state index is 0.216. The molecule has 0 N–H and O–H groups in total. The van der Waals surface area contributed by atoms with Gasteiger partial charge in [0, 0.05) is 18.9 Å². The van der Waals surface area contributed by atoms with Crippen LogP contribution in [0.4, 0.5) is 0 Å². The normalized spacial score (nSPS) is 17.1. The summed E-state index contributed by atoms with van der Waals surface area (Å²) in [5.74, 6) is 0.216. The molecule has 1 aromatic carbocycles. The van der Waals surface area contributed by atoms with Crippen molar-refractivity contribution in [1.29, 1.82) is 0 Å². The third-order valence-corrected chi connectivity index (χ3v) is 3.27. The second-order valence-corrected chi connectivity index (χ2v) is 4.79. The van der Waals surface area contributed by atoms with Gasteiger partial charge in [0.2, 0.25) is 0 Å². The Labute approximate surface area is 96.6 Å². The molecule has 1 aliphatic rings. The number of Topliss-reactive ketones (excluding diaryl/α,β-unsaturated/α-hetero) is 1. The Hall–Kier alpha value is -1.15. The maximum absolute atomic E-state index is 11.1. The van der Waals surface area contributed by atoms with Crippen LogP contribution in [0.25, 0.3) is 0 Å². The summed E-state index contributed by atoms with van der Waals surface area (Å²) < 4.78 is 5.28. The van der Waals surface area contributed by atoms with Crippen molar-refractivity contribution in [2.75, 3.05) is 13.7 Å². The lowest BCUT2D eigenvalue weighted by Crippen LogP contribution is -2.14. The molecule has 1 saturated carbocycles. The average molecular weight is 218 g/mol. The van der Waals surface area contributed by atoms with Gasteiger partial charge in [-0.1, -0.05) is 24.3 Å². The fourth-order valence-corrected chi connectivity index (χ4v) is 2.24. The maximum atomic E-state index is 11.1. The Balaban J connectivity index is 2.19. The largest absolute Gasteiger partial charge is 0.384 e. The van der Waals surface area contributed by atoms with Crippen molar-refractivity contribution in [3.63, 3.8) is 0 Å². The molecule has 2 nitrogen and oxygen atoms in total. The minimum atomic E-state index is 0.216. The zero-order valence-electron chi connectivity index (χ0n) is 9.95. The molecular weight excluding hydrogens is 200 g/mol. The lowest BCUT2D eigenvalue weighted by molar-refractivity contribution is -0.116. The highest BCUT2D eigenvalue weighted by Crippen LogP contribution is 2.48. The molecule has 1 aromatic rings. The van der Waals surface area contributed by atoms with Crippen LogP contribution < -0.4 is 0 Å². The summed E-state index contributed by atoms with van der Waals surface area (Å²) in [5.41, 5.74) is 2.68. The van der Waals surface area contributed by atoms with E-state index < -0.39 is 0 Å². The smallest absolute Gasteiger partial charge is 0.134 e. The van der Waals surface area contributed by atoms with Gasteiger partial charge >= 0.3 is 0 Å². The topological polar surface area (TPSA) is 26.3 Å². The van der Waals surface area contributed by atoms with Crippen molar-refractivity contribution in [3.05, 3.63) is 35.4 Å². The first-order valence-electron chi connectivity index (χ1n) is 5.74. The number of ether oxygens (including phenoxy) is 1. The van der Waals surface area contributed by atoms with Crippen LogP contribution in [0, 0.1) is 0 Å². The molecule has 16 heavy (non-hydrogen) atoms. The summed E-state index contributed by atoms with van der Waals surface area (Å²) in [7, 11) is 1.75. The highest BCUT2D eigenvalue weighted by molar-refractivity contribution is 5.78. The van der Waals surface area contributed by atoms with Crippen molar-refractivity contribution < 1.29 is 9.53 Å². The van der Waals surface area contributed by atoms with E-state index in [0.717, 1.165) is 12.2 Å². The maximum Gasteiger partial charge on any atom is 0.134 e. The molecule has 86 valence electrons. The van der Waals surface area contributed by atoms with E-state index in [1.807, 2.05) is 12.1 Å². The summed E-state index contributed by atoms with van der Waals surface area (Å²) in [4.78, 5) is 11.1. The number of hydrogen-bond acceptors (Lipinski definition) is 2. The molecule has 0 amide bonds. The number of ketones is 1.